The molecular weight excluding hydrogens is 396 g/mol. The van der Waals surface area contributed by atoms with Crippen LogP contribution < -0.4 is 5.73 Å². The number of benzene rings is 1. The smallest absolute Gasteiger partial charge is 0.165 e. The first-order chi connectivity index (χ1) is 15.7. The van der Waals surface area contributed by atoms with Crippen LogP contribution in [0, 0.1) is 0 Å². The minimum Gasteiger partial charge on any atom is -0.383 e. The number of hydrogen-bond donors (Lipinski definition) is 1. The fraction of sp³-hybridized carbons (Fsp3) is 0.154. The Labute approximate surface area is 187 Å². The van der Waals surface area contributed by atoms with Gasteiger partial charge in [0.15, 0.2) is 11.5 Å². The van der Waals surface area contributed by atoms with Crippen molar-refractivity contribution in [2.24, 2.45) is 0 Å². The van der Waals surface area contributed by atoms with Crippen molar-refractivity contribution in [2.75, 3.05) is 5.73 Å². The van der Waals surface area contributed by atoms with E-state index in [1.54, 1.807) is 12.4 Å². The number of aromatic nitrogens is 5. The lowest BCUT2D eigenvalue weighted by atomic mass is 10.1. The Morgan fingerprint density at radius 3 is 2.34 bits per heavy atom. The molecule has 2 N–H and O–H groups in total. The lowest BCUT2D eigenvalue weighted by Crippen LogP contribution is -2.02. The second-order valence-corrected chi connectivity index (χ2v) is 7.01. The highest BCUT2D eigenvalue weighted by Gasteiger charge is 2.18. The molecule has 6 nitrogen and oxygen atoms in total. The number of pyridine rings is 3. The molecule has 6 heteroatoms. The van der Waals surface area contributed by atoms with Crippen LogP contribution in [0.5, 0.6) is 0 Å². The van der Waals surface area contributed by atoms with Gasteiger partial charge in [-0.15, -0.1) is 0 Å². The molecule has 4 heterocycles. The SMILES string of the molecule is CC.CCc1ccc(-n2c(-c3cccnc3N)nc3ccc(-c4cccnc4)nc32)cc1. The molecule has 0 unspecified atom stereocenters. The summed E-state index contributed by atoms with van der Waals surface area (Å²) >= 11 is 0. The van der Waals surface area contributed by atoms with Crippen molar-refractivity contribution in [2.45, 2.75) is 27.2 Å². The van der Waals surface area contributed by atoms with Crippen LogP contribution in [-0.4, -0.2) is 24.5 Å². The summed E-state index contributed by atoms with van der Waals surface area (Å²) in [5.41, 5.74) is 12.6. The minimum absolute atomic E-state index is 0.437. The summed E-state index contributed by atoms with van der Waals surface area (Å²) in [5, 5.41) is 0. The Kier molecular flexibility index (Phi) is 6.22. The van der Waals surface area contributed by atoms with Crippen LogP contribution in [-0.2, 0) is 6.42 Å². The van der Waals surface area contributed by atoms with Crippen molar-refractivity contribution in [1.82, 2.24) is 24.5 Å². The Morgan fingerprint density at radius 1 is 0.875 bits per heavy atom. The van der Waals surface area contributed by atoms with Crippen LogP contribution in [0.15, 0.2) is 79.3 Å². The molecule has 0 bridgehead atoms. The number of rotatable bonds is 4. The van der Waals surface area contributed by atoms with Gasteiger partial charge < -0.3 is 5.73 Å². The van der Waals surface area contributed by atoms with E-state index in [0.717, 1.165) is 45.9 Å². The summed E-state index contributed by atoms with van der Waals surface area (Å²) in [7, 11) is 0. The minimum atomic E-state index is 0.437. The molecule has 0 aliphatic rings. The first kappa shape index (κ1) is 21.2. The lowest BCUT2D eigenvalue weighted by Gasteiger charge is -2.11. The van der Waals surface area contributed by atoms with E-state index in [0.29, 0.717) is 5.82 Å². The second kappa shape index (κ2) is 9.39. The zero-order valence-corrected chi connectivity index (χ0v) is 18.5. The first-order valence-corrected chi connectivity index (χ1v) is 10.8. The van der Waals surface area contributed by atoms with Gasteiger partial charge in [-0.1, -0.05) is 32.9 Å². The second-order valence-electron chi connectivity index (χ2n) is 7.01. The summed E-state index contributed by atoms with van der Waals surface area (Å²) in [6.07, 6.45) is 6.23. The zero-order chi connectivity index (χ0) is 22.5. The van der Waals surface area contributed by atoms with E-state index in [2.05, 4.69) is 41.2 Å². The predicted octanol–water partition coefficient (Wildman–Crippen LogP) is 5.72. The molecule has 0 spiro atoms. The largest absolute Gasteiger partial charge is 0.383 e. The van der Waals surface area contributed by atoms with E-state index in [4.69, 9.17) is 15.7 Å². The number of anilines is 1. The van der Waals surface area contributed by atoms with Crippen molar-refractivity contribution in [3.05, 3.63) is 84.8 Å². The van der Waals surface area contributed by atoms with Gasteiger partial charge in [0.25, 0.3) is 0 Å². The summed E-state index contributed by atoms with van der Waals surface area (Å²) < 4.78 is 2.04. The van der Waals surface area contributed by atoms with Crippen LogP contribution in [0.3, 0.4) is 0 Å². The van der Waals surface area contributed by atoms with Gasteiger partial charge in [0.1, 0.15) is 11.3 Å². The molecule has 0 fully saturated rings. The molecule has 0 aliphatic carbocycles. The van der Waals surface area contributed by atoms with E-state index in [1.807, 2.05) is 61.0 Å². The van der Waals surface area contributed by atoms with E-state index >= 15 is 0 Å². The molecule has 0 aliphatic heterocycles. The molecule has 0 radical (unpaired) electrons. The third-order valence-electron chi connectivity index (χ3n) is 5.14. The Hall–Kier alpha value is -4.06. The molecule has 0 saturated carbocycles. The Balaban J connectivity index is 0.00000119. The van der Waals surface area contributed by atoms with Crippen LogP contribution in [0.25, 0.3) is 39.5 Å². The Bertz CT molecular complexity index is 1320. The van der Waals surface area contributed by atoms with Crippen molar-refractivity contribution in [3.63, 3.8) is 0 Å². The monoisotopic (exact) mass is 422 g/mol. The van der Waals surface area contributed by atoms with Crippen molar-refractivity contribution in [3.8, 4) is 28.3 Å². The van der Waals surface area contributed by atoms with Gasteiger partial charge in [-0.2, -0.15) is 0 Å². The maximum Gasteiger partial charge on any atom is 0.165 e. The Morgan fingerprint density at radius 2 is 1.66 bits per heavy atom. The van der Waals surface area contributed by atoms with Crippen LogP contribution in [0.1, 0.15) is 26.3 Å². The highest BCUT2D eigenvalue weighted by Crippen LogP contribution is 2.31. The molecular formula is C26H26N6. The molecule has 1 aromatic carbocycles. The van der Waals surface area contributed by atoms with E-state index < -0.39 is 0 Å². The average Bonchev–Trinajstić information content (AvgIpc) is 3.24. The van der Waals surface area contributed by atoms with Crippen molar-refractivity contribution >= 4 is 17.0 Å². The maximum absolute atomic E-state index is 6.19. The molecule has 0 amide bonds. The number of fused-ring (bicyclic) bond motifs is 1. The van der Waals surface area contributed by atoms with Crippen LogP contribution >= 0.6 is 0 Å². The summed E-state index contributed by atoms with van der Waals surface area (Å²) in [5.74, 6) is 1.16. The van der Waals surface area contributed by atoms with Gasteiger partial charge in [0.05, 0.1) is 11.3 Å². The molecule has 5 rings (SSSR count). The molecule has 5 aromatic rings. The van der Waals surface area contributed by atoms with Gasteiger partial charge in [0.2, 0.25) is 0 Å². The molecule has 160 valence electrons. The summed E-state index contributed by atoms with van der Waals surface area (Å²) in [6.45, 7) is 6.14. The average molecular weight is 423 g/mol. The molecule has 0 atom stereocenters. The topological polar surface area (TPSA) is 82.5 Å². The fourth-order valence-electron chi connectivity index (χ4n) is 3.54. The van der Waals surface area contributed by atoms with E-state index in [9.17, 15) is 0 Å². The van der Waals surface area contributed by atoms with Gasteiger partial charge in [0, 0.05) is 29.8 Å². The van der Waals surface area contributed by atoms with Gasteiger partial charge in [-0.25, -0.2) is 15.0 Å². The number of nitrogen functional groups attached to an aromatic ring is 1. The quantitative estimate of drug-likeness (QED) is 0.401. The predicted molar refractivity (Wildman–Crippen MR) is 130 cm³/mol. The van der Waals surface area contributed by atoms with Crippen LogP contribution in [0.4, 0.5) is 5.82 Å². The number of hydrogen-bond acceptors (Lipinski definition) is 5. The molecule has 4 aromatic heterocycles. The van der Waals surface area contributed by atoms with Gasteiger partial charge in [-0.05, 0) is 60.5 Å². The number of nitrogens with two attached hydrogens (primary N) is 1. The molecule has 32 heavy (non-hydrogen) atoms. The molecule has 0 saturated heterocycles. The first-order valence-electron chi connectivity index (χ1n) is 10.8. The van der Waals surface area contributed by atoms with Gasteiger partial charge in [-0.3, -0.25) is 9.55 Å². The third kappa shape index (κ3) is 3.95. The normalized spacial score (nSPS) is 10.6. The number of aryl methyl sites for hydroxylation is 1. The maximum atomic E-state index is 6.19. The third-order valence-corrected chi connectivity index (χ3v) is 5.14. The fourth-order valence-corrected chi connectivity index (χ4v) is 3.54. The van der Waals surface area contributed by atoms with E-state index in [-0.39, 0.29) is 0 Å². The summed E-state index contributed by atoms with van der Waals surface area (Å²) in [6, 6.07) is 20.1. The highest BCUT2D eigenvalue weighted by molar-refractivity contribution is 5.84. The van der Waals surface area contributed by atoms with Crippen molar-refractivity contribution in [1.29, 1.82) is 0 Å². The summed E-state index contributed by atoms with van der Waals surface area (Å²) in [4.78, 5) is 18.3. The number of imidazole rings is 1. The standard InChI is InChI=1S/C24H20N6.C2H6/c1-2-16-7-9-18(10-8-16)30-23(19-6-4-14-27-22(19)25)29-21-12-11-20(28-24(21)30)17-5-3-13-26-15-17;1-2/h3-15H,2H2,1H3,(H2,25,27);1-2H3. The highest BCUT2D eigenvalue weighted by atomic mass is 15.1. The number of nitrogens with zero attached hydrogens (tertiary/aromatic N) is 5. The van der Waals surface area contributed by atoms with Crippen LogP contribution in [0.2, 0.25) is 0 Å². The zero-order valence-electron chi connectivity index (χ0n) is 18.5. The lowest BCUT2D eigenvalue weighted by molar-refractivity contribution is 1.06. The van der Waals surface area contributed by atoms with Crippen molar-refractivity contribution < 1.29 is 0 Å². The van der Waals surface area contributed by atoms with E-state index in [1.165, 1.54) is 5.56 Å². The van der Waals surface area contributed by atoms with Gasteiger partial charge >= 0.3 is 0 Å².